The number of nitrogens with zero attached hydrogens (tertiary/aromatic N) is 3. The maximum atomic E-state index is 12.8. The molecule has 27 heavy (non-hydrogen) atoms. The van der Waals surface area contributed by atoms with Gasteiger partial charge in [0.2, 0.25) is 21.9 Å². The first-order valence-corrected chi connectivity index (χ1v) is 9.45. The first-order valence-electron chi connectivity index (χ1n) is 8.01. The maximum Gasteiger partial charge on any atom is 0.416 e. The molecule has 0 atom stereocenters. The Labute approximate surface area is 152 Å². The number of amides is 1. The van der Waals surface area contributed by atoms with Crippen LogP contribution in [0.4, 0.5) is 19.1 Å². The van der Waals surface area contributed by atoms with Crippen molar-refractivity contribution >= 4 is 21.9 Å². The molecule has 0 radical (unpaired) electrons. The Bertz CT molecular complexity index is 907. The van der Waals surface area contributed by atoms with Crippen LogP contribution in [0.5, 0.6) is 0 Å². The number of halogens is 3. The zero-order valence-electron chi connectivity index (χ0n) is 13.9. The average molecular weight is 403 g/mol. The zero-order valence-corrected chi connectivity index (χ0v) is 14.7. The molecule has 3 rings (SSSR count). The molecule has 146 valence electrons. The van der Waals surface area contributed by atoms with E-state index < -0.39 is 32.6 Å². The van der Waals surface area contributed by atoms with Crippen LogP contribution in [0.3, 0.4) is 0 Å². The number of alkyl halides is 3. The summed E-state index contributed by atoms with van der Waals surface area (Å²) >= 11 is 0. The molecule has 0 bridgehead atoms. The second kappa shape index (κ2) is 7.27. The third kappa shape index (κ3) is 4.27. The maximum absolute atomic E-state index is 12.8. The van der Waals surface area contributed by atoms with Crippen molar-refractivity contribution in [2.24, 2.45) is 5.92 Å². The number of benzene rings is 1. The van der Waals surface area contributed by atoms with Gasteiger partial charge in [0.1, 0.15) is 6.33 Å². The van der Waals surface area contributed by atoms with Crippen LogP contribution in [-0.4, -0.2) is 46.9 Å². The number of piperidine rings is 1. The lowest BCUT2D eigenvalue weighted by Gasteiger charge is -2.30. The normalized spacial score (nSPS) is 17.0. The van der Waals surface area contributed by atoms with Gasteiger partial charge in [-0.2, -0.15) is 27.6 Å². The highest BCUT2D eigenvalue weighted by atomic mass is 32.2. The second-order valence-electron chi connectivity index (χ2n) is 6.03. The molecule has 0 aliphatic carbocycles. The Kier molecular flexibility index (Phi) is 5.20. The number of hydrogen-bond donors (Lipinski definition) is 2. The number of aromatic nitrogens is 3. The third-order valence-corrected chi connectivity index (χ3v) is 6.18. The van der Waals surface area contributed by atoms with E-state index >= 15 is 0 Å². The summed E-state index contributed by atoms with van der Waals surface area (Å²) in [6, 6.07) is 3.64. The molecule has 1 fully saturated rings. The molecule has 2 heterocycles. The summed E-state index contributed by atoms with van der Waals surface area (Å²) in [5.41, 5.74) is -1.02. The van der Waals surface area contributed by atoms with Gasteiger partial charge < -0.3 is 0 Å². The van der Waals surface area contributed by atoms with Gasteiger partial charge in [-0.3, -0.25) is 10.1 Å². The first-order chi connectivity index (χ1) is 12.7. The molecule has 1 saturated heterocycles. The van der Waals surface area contributed by atoms with Crippen molar-refractivity contribution < 1.29 is 26.4 Å². The van der Waals surface area contributed by atoms with Crippen molar-refractivity contribution in [2.45, 2.75) is 23.9 Å². The summed E-state index contributed by atoms with van der Waals surface area (Å²) in [6.45, 7) is 0.0696. The van der Waals surface area contributed by atoms with E-state index in [1.54, 1.807) is 0 Å². The molecule has 2 N–H and O–H groups in total. The number of H-pyrrole nitrogens is 1. The highest BCUT2D eigenvalue weighted by Crippen LogP contribution is 2.32. The van der Waals surface area contributed by atoms with Gasteiger partial charge in [-0.05, 0) is 31.0 Å². The minimum Gasteiger partial charge on any atom is -0.295 e. The summed E-state index contributed by atoms with van der Waals surface area (Å²) in [7, 11) is -4.07. The minimum atomic E-state index is -4.63. The number of anilines is 1. The predicted octanol–water partition coefficient (Wildman–Crippen LogP) is 1.86. The van der Waals surface area contributed by atoms with E-state index in [2.05, 4.69) is 20.5 Å². The molecule has 0 saturated carbocycles. The topological polar surface area (TPSA) is 108 Å². The summed E-state index contributed by atoms with van der Waals surface area (Å²) < 4.78 is 64.9. The lowest BCUT2D eigenvalue weighted by atomic mass is 9.97. The standard InChI is InChI=1S/C15H16F3N5O3S/c16-15(17,18)11-2-1-3-12(8-11)27(25,26)23-6-4-10(5-7-23)13(24)21-14-19-9-20-22-14/h1-3,8-10H,4-7H2,(H2,19,20,21,22,24). The molecule has 1 aliphatic heterocycles. The zero-order chi connectivity index (χ0) is 19.7. The van der Waals surface area contributed by atoms with Crippen molar-refractivity contribution in [1.29, 1.82) is 0 Å². The van der Waals surface area contributed by atoms with Gasteiger partial charge in [-0.15, -0.1) is 0 Å². The third-order valence-electron chi connectivity index (χ3n) is 4.28. The molecular weight excluding hydrogens is 387 g/mol. The molecule has 8 nitrogen and oxygen atoms in total. The fraction of sp³-hybridized carbons (Fsp3) is 0.400. The Hall–Kier alpha value is -2.47. The Morgan fingerprint density at radius 1 is 1.26 bits per heavy atom. The van der Waals surface area contributed by atoms with E-state index in [1.807, 2.05) is 0 Å². The molecule has 2 aromatic rings. The van der Waals surface area contributed by atoms with Crippen molar-refractivity contribution in [2.75, 3.05) is 18.4 Å². The van der Waals surface area contributed by atoms with Crippen molar-refractivity contribution in [1.82, 2.24) is 19.5 Å². The van der Waals surface area contributed by atoms with Gasteiger partial charge in [-0.25, -0.2) is 13.5 Å². The number of nitrogens with one attached hydrogen (secondary N) is 2. The Morgan fingerprint density at radius 3 is 2.56 bits per heavy atom. The number of carbonyl (C=O) groups is 1. The van der Waals surface area contributed by atoms with Gasteiger partial charge in [0.05, 0.1) is 10.5 Å². The Balaban J connectivity index is 1.67. The van der Waals surface area contributed by atoms with Crippen LogP contribution in [0, 0.1) is 5.92 Å². The molecule has 1 amide bonds. The number of hydrogen-bond acceptors (Lipinski definition) is 5. The second-order valence-corrected chi connectivity index (χ2v) is 7.97. The van der Waals surface area contributed by atoms with Crippen LogP contribution in [0.2, 0.25) is 0 Å². The minimum absolute atomic E-state index is 0.0348. The van der Waals surface area contributed by atoms with E-state index in [4.69, 9.17) is 0 Å². The SMILES string of the molecule is O=C(Nc1ncn[nH]1)C1CCN(S(=O)(=O)c2cccc(C(F)(F)F)c2)CC1. The highest BCUT2D eigenvalue weighted by molar-refractivity contribution is 7.89. The van der Waals surface area contributed by atoms with Crippen LogP contribution < -0.4 is 5.32 Å². The molecule has 0 spiro atoms. The number of carbonyl (C=O) groups excluding carboxylic acids is 1. The summed E-state index contributed by atoms with van der Waals surface area (Å²) in [6.07, 6.45) is -2.90. The molecular formula is C15H16F3N5O3S. The highest BCUT2D eigenvalue weighted by Gasteiger charge is 2.35. The average Bonchev–Trinajstić information content (AvgIpc) is 3.14. The lowest BCUT2D eigenvalue weighted by molar-refractivity contribution is -0.137. The van der Waals surface area contributed by atoms with Crippen molar-refractivity contribution in [3.05, 3.63) is 36.2 Å². The summed E-state index contributed by atoms with van der Waals surface area (Å²) in [4.78, 5) is 15.5. The summed E-state index contributed by atoms with van der Waals surface area (Å²) in [5.74, 6) is -0.551. The molecule has 1 aliphatic rings. The molecule has 12 heteroatoms. The van der Waals surface area contributed by atoms with Gasteiger partial charge in [-0.1, -0.05) is 6.07 Å². The van der Waals surface area contributed by atoms with Gasteiger partial charge in [0.25, 0.3) is 0 Å². The van der Waals surface area contributed by atoms with E-state index in [-0.39, 0.29) is 37.8 Å². The van der Waals surface area contributed by atoms with E-state index in [9.17, 15) is 26.4 Å². The molecule has 1 aromatic carbocycles. The van der Waals surface area contributed by atoms with E-state index in [0.717, 1.165) is 22.5 Å². The van der Waals surface area contributed by atoms with Crippen LogP contribution in [0.15, 0.2) is 35.5 Å². The number of sulfonamides is 1. The largest absolute Gasteiger partial charge is 0.416 e. The fourth-order valence-electron chi connectivity index (χ4n) is 2.82. The van der Waals surface area contributed by atoms with Crippen molar-refractivity contribution in [3.8, 4) is 0 Å². The van der Waals surface area contributed by atoms with Crippen LogP contribution in [0.1, 0.15) is 18.4 Å². The van der Waals surface area contributed by atoms with E-state index in [1.165, 1.54) is 6.33 Å². The Morgan fingerprint density at radius 2 is 1.96 bits per heavy atom. The fourth-order valence-corrected chi connectivity index (χ4v) is 4.34. The molecule has 1 aromatic heterocycles. The first kappa shape index (κ1) is 19.3. The lowest BCUT2D eigenvalue weighted by Crippen LogP contribution is -2.41. The van der Waals surface area contributed by atoms with Gasteiger partial charge in [0.15, 0.2) is 0 Å². The van der Waals surface area contributed by atoms with Crippen LogP contribution >= 0.6 is 0 Å². The van der Waals surface area contributed by atoms with E-state index in [0.29, 0.717) is 6.07 Å². The number of rotatable bonds is 4. The van der Waals surface area contributed by atoms with Crippen LogP contribution in [0.25, 0.3) is 0 Å². The predicted molar refractivity (Wildman–Crippen MR) is 87.9 cm³/mol. The van der Waals surface area contributed by atoms with Crippen LogP contribution in [-0.2, 0) is 21.0 Å². The molecule has 0 unspecified atom stereocenters. The smallest absolute Gasteiger partial charge is 0.295 e. The number of aromatic amines is 1. The monoisotopic (exact) mass is 403 g/mol. The quantitative estimate of drug-likeness (QED) is 0.810. The summed E-state index contributed by atoms with van der Waals surface area (Å²) in [5, 5.41) is 8.63. The van der Waals surface area contributed by atoms with Gasteiger partial charge in [0, 0.05) is 19.0 Å². The van der Waals surface area contributed by atoms with Crippen molar-refractivity contribution in [3.63, 3.8) is 0 Å². The van der Waals surface area contributed by atoms with Gasteiger partial charge >= 0.3 is 6.18 Å².